The predicted molar refractivity (Wildman–Crippen MR) is 125 cm³/mol. The molecule has 33 heavy (non-hydrogen) atoms. The molecule has 0 atom stereocenters. The van der Waals surface area contributed by atoms with E-state index in [1.54, 1.807) is 6.92 Å². The molecular formula is C21H26N2O7S3. The number of piperidine rings is 1. The van der Waals surface area contributed by atoms with E-state index in [-0.39, 0.29) is 41.6 Å². The summed E-state index contributed by atoms with van der Waals surface area (Å²) >= 11 is 1.29. The van der Waals surface area contributed by atoms with Crippen molar-refractivity contribution in [3.63, 3.8) is 0 Å². The van der Waals surface area contributed by atoms with Crippen molar-refractivity contribution < 1.29 is 31.2 Å². The van der Waals surface area contributed by atoms with Gasteiger partial charge < -0.3 is 10.1 Å². The smallest absolute Gasteiger partial charge is 0.341 e. The van der Waals surface area contributed by atoms with Crippen LogP contribution in [0.25, 0.3) is 0 Å². The topological polar surface area (TPSA) is 127 Å². The fourth-order valence-electron chi connectivity index (χ4n) is 3.74. The predicted octanol–water partition coefficient (Wildman–Crippen LogP) is 2.59. The Hall–Kier alpha value is -2.28. The number of carbonyl (C=O) groups is 2. The average molecular weight is 515 g/mol. The minimum atomic E-state index is -4.04. The molecule has 12 heteroatoms. The first-order valence-corrected chi connectivity index (χ1v) is 14.3. The van der Waals surface area contributed by atoms with Crippen LogP contribution in [0.15, 0.2) is 34.1 Å². The van der Waals surface area contributed by atoms with Gasteiger partial charge in [-0.1, -0.05) is 12.1 Å². The molecule has 0 saturated carbocycles. The zero-order valence-corrected chi connectivity index (χ0v) is 21.2. The molecule has 9 nitrogen and oxygen atoms in total. The Morgan fingerprint density at radius 2 is 1.64 bits per heavy atom. The third-order valence-corrected chi connectivity index (χ3v) is 10.1. The quantitative estimate of drug-likeness (QED) is 0.587. The standard InChI is InChI=1S/C21H26N2O7S3/c1-13-14(2)31-20(18(13)21(25)30-3)22-19(24)15-9-11-23(12-10-15)33(28,29)17-8-6-5-7-16(17)32(4,26)27/h5-8,15H,9-12H2,1-4H3,(H,22,24). The molecule has 1 aromatic heterocycles. The average Bonchev–Trinajstić information content (AvgIpc) is 3.05. The number of amides is 1. The van der Waals surface area contributed by atoms with Gasteiger partial charge in [-0.2, -0.15) is 4.31 Å². The summed E-state index contributed by atoms with van der Waals surface area (Å²) in [6.45, 7) is 3.78. The SMILES string of the molecule is COC(=O)c1c(NC(=O)C2CCN(S(=O)(=O)c3ccccc3S(C)(=O)=O)CC2)sc(C)c1C. The number of hydrogen-bond donors (Lipinski definition) is 1. The molecule has 1 aliphatic heterocycles. The van der Waals surface area contributed by atoms with Crippen LogP contribution in [-0.2, 0) is 29.4 Å². The molecule has 0 radical (unpaired) electrons. The first-order valence-electron chi connectivity index (χ1n) is 10.2. The minimum Gasteiger partial charge on any atom is -0.465 e. The largest absolute Gasteiger partial charge is 0.465 e. The maximum Gasteiger partial charge on any atom is 0.341 e. The van der Waals surface area contributed by atoms with Crippen LogP contribution in [0.4, 0.5) is 5.00 Å². The number of thiophene rings is 1. The second-order valence-corrected chi connectivity index (χ2v) is 13.0. The Labute approximate surface area is 197 Å². The number of ether oxygens (including phenoxy) is 1. The summed E-state index contributed by atoms with van der Waals surface area (Å²) in [5.74, 6) is -1.28. The number of carbonyl (C=O) groups excluding carboxylic acids is 2. The van der Waals surface area contributed by atoms with Crippen molar-refractivity contribution in [2.24, 2.45) is 5.92 Å². The summed E-state index contributed by atoms with van der Waals surface area (Å²) in [5.41, 5.74) is 1.07. The summed E-state index contributed by atoms with van der Waals surface area (Å²) in [5, 5.41) is 3.22. The molecule has 2 aromatic rings. The number of nitrogens with zero attached hydrogens (tertiary/aromatic N) is 1. The Balaban J connectivity index is 1.74. The molecule has 0 aliphatic carbocycles. The first kappa shape index (κ1) is 25.3. The monoisotopic (exact) mass is 514 g/mol. The van der Waals surface area contributed by atoms with Crippen molar-refractivity contribution in [2.75, 3.05) is 31.8 Å². The number of rotatable bonds is 6. The van der Waals surface area contributed by atoms with Crippen molar-refractivity contribution in [3.05, 3.63) is 40.3 Å². The van der Waals surface area contributed by atoms with E-state index in [4.69, 9.17) is 4.74 Å². The van der Waals surface area contributed by atoms with Gasteiger partial charge in [0.2, 0.25) is 15.9 Å². The minimum absolute atomic E-state index is 0.0743. The molecule has 0 unspecified atom stereocenters. The van der Waals surface area contributed by atoms with E-state index in [0.29, 0.717) is 10.6 Å². The van der Waals surface area contributed by atoms with Crippen LogP contribution in [0.5, 0.6) is 0 Å². The highest BCUT2D eigenvalue weighted by Crippen LogP contribution is 2.34. The fourth-order valence-corrected chi connectivity index (χ4v) is 7.87. The summed E-state index contributed by atoms with van der Waals surface area (Å²) in [6.07, 6.45) is 1.50. The molecule has 1 fully saturated rings. The Kier molecular flexibility index (Phi) is 7.32. The highest BCUT2D eigenvalue weighted by molar-refractivity contribution is 7.93. The zero-order valence-electron chi connectivity index (χ0n) is 18.7. The van der Waals surface area contributed by atoms with Gasteiger partial charge in [0.25, 0.3) is 0 Å². The summed E-state index contributed by atoms with van der Waals surface area (Å²) < 4.78 is 56.4. The Morgan fingerprint density at radius 1 is 1.06 bits per heavy atom. The van der Waals surface area contributed by atoms with Crippen molar-refractivity contribution >= 4 is 48.1 Å². The highest BCUT2D eigenvalue weighted by Gasteiger charge is 2.35. The second kappa shape index (κ2) is 9.53. The van der Waals surface area contributed by atoms with E-state index < -0.39 is 31.7 Å². The van der Waals surface area contributed by atoms with Gasteiger partial charge in [-0.3, -0.25) is 4.79 Å². The van der Waals surface area contributed by atoms with Gasteiger partial charge in [-0.05, 0) is 44.4 Å². The van der Waals surface area contributed by atoms with Crippen LogP contribution in [0, 0.1) is 19.8 Å². The number of anilines is 1. The van der Waals surface area contributed by atoms with E-state index in [1.165, 1.54) is 47.0 Å². The molecule has 1 saturated heterocycles. The molecule has 1 aliphatic rings. The van der Waals surface area contributed by atoms with Gasteiger partial charge in [0.15, 0.2) is 9.84 Å². The first-order chi connectivity index (χ1) is 15.4. The number of nitrogens with one attached hydrogen (secondary N) is 1. The third kappa shape index (κ3) is 5.13. The number of methoxy groups -OCH3 is 1. The molecule has 3 rings (SSSR count). The second-order valence-electron chi connectivity index (χ2n) is 7.87. The fraction of sp³-hybridized carbons (Fsp3) is 0.429. The molecule has 180 valence electrons. The number of esters is 1. The summed E-state index contributed by atoms with van der Waals surface area (Å²) in [6, 6.07) is 5.50. The van der Waals surface area contributed by atoms with Crippen molar-refractivity contribution in [1.29, 1.82) is 0 Å². The van der Waals surface area contributed by atoms with Crippen LogP contribution < -0.4 is 5.32 Å². The molecule has 1 N–H and O–H groups in total. The summed E-state index contributed by atoms with van der Waals surface area (Å²) in [4.78, 5) is 25.4. The van der Waals surface area contributed by atoms with Gasteiger partial charge in [0.05, 0.1) is 17.6 Å². The van der Waals surface area contributed by atoms with Gasteiger partial charge in [0, 0.05) is 30.1 Å². The third-order valence-electron chi connectivity index (χ3n) is 5.70. The van der Waals surface area contributed by atoms with Gasteiger partial charge in [-0.15, -0.1) is 11.3 Å². The lowest BCUT2D eigenvalue weighted by molar-refractivity contribution is -0.120. The van der Waals surface area contributed by atoms with Gasteiger partial charge >= 0.3 is 5.97 Å². The van der Waals surface area contributed by atoms with Crippen LogP contribution >= 0.6 is 11.3 Å². The van der Waals surface area contributed by atoms with Crippen LogP contribution in [-0.4, -0.2) is 59.5 Å². The Bertz CT molecular complexity index is 1290. The lowest BCUT2D eigenvalue weighted by Crippen LogP contribution is -2.41. The van der Waals surface area contributed by atoms with Gasteiger partial charge in [0.1, 0.15) is 9.90 Å². The van der Waals surface area contributed by atoms with Crippen molar-refractivity contribution in [1.82, 2.24) is 4.31 Å². The lowest BCUT2D eigenvalue weighted by Gasteiger charge is -2.30. The lowest BCUT2D eigenvalue weighted by atomic mass is 9.97. The van der Waals surface area contributed by atoms with E-state index in [2.05, 4.69) is 5.32 Å². The van der Waals surface area contributed by atoms with Crippen molar-refractivity contribution in [2.45, 2.75) is 36.5 Å². The number of benzene rings is 1. The Morgan fingerprint density at radius 3 is 2.18 bits per heavy atom. The summed E-state index contributed by atoms with van der Waals surface area (Å²) in [7, 11) is -6.50. The molecule has 1 aromatic carbocycles. The zero-order chi connectivity index (χ0) is 24.6. The highest BCUT2D eigenvalue weighted by atomic mass is 32.2. The van der Waals surface area contributed by atoms with E-state index in [0.717, 1.165) is 16.7 Å². The molecule has 2 heterocycles. The number of sulfone groups is 1. The van der Waals surface area contributed by atoms with E-state index >= 15 is 0 Å². The van der Waals surface area contributed by atoms with Crippen LogP contribution in [0.1, 0.15) is 33.6 Å². The molecule has 0 bridgehead atoms. The van der Waals surface area contributed by atoms with Gasteiger partial charge in [-0.25, -0.2) is 21.6 Å². The van der Waals surface area contributed by atoms with Crippen LogP contribution in [0.2, 0.25) is 0 Å². The van der Waals surface area contributed by atoms with E-state index in [9.17, 15) is 26.4 Å². The maximum absolute atomic E-state index is 13.1. The number of aryl methyl sites for hydroxylation is 1. The van der Waals surface area contributed by atoms with Crippen LogP contribution in [0.3, 0.4) is 0 Å². The maximum atomic E-state index is 13.1. The molecule has 0 spiro atoms. The number of hydrogen-bond acceptors (Lipinski definition) is 8. The normalized spacial score (nSPS) is 15.9. The molecular weight excluding hydrogens is 488 g/mol. The number of sulfonamides is 1. The van der Waals surface area contributed by atoms with E-state index in [1.807, 2.05) is 6.92 Å². The van der Waals surface area contributed by atoms with Crippen molar-refractivity contribution in [3.8, 4) is 0 Å². The molecule has 1 amide bonds.